The Hall–Kier alpha value is -0.650. The second-order valence-corrected chi connectivity index (χ2v) is 6.68. The highest BCUT2D eigenvalue weighted by Gasteiger charge is 2.24. The van der Waals surface area contributed by atoms with Crippen molar-refractivity contribution in [1.82, 2.24) is 9.80 Å². The number of hydrogen-bond donors (Lipinski definition) is 2. The van der Waals surface area contributed by atoms with Gasteiger partial charge in [-0.3, -0.25) is 9.69 Å². The third kappa shape index (κ3) is 6.36. The van der Waals surface area contributed by atoms with E-state index in [1.165, 1.54) is 0 Å². The van der Waals surface area contributed by atoms with Crippen LogP contribution in [0.25, 0.3) is 0 Å². The fourth-order valence-corrected chi connectivity index (χ4v) is 2.57. The van der Waals surface area contributed by atoms with Crippen LogP contribution in [0.1, 0.15) is 33.6 Å². The molecule has 5 nitrogen and oxygen atoms in total. The average Bonchev–Trinajstić information content (AvgIpc) is 2.27. The van der Waals surface area contributed by atoms with Crippen molar-refractivity contribution in [2.75, 3.05) is 39.3 Å². The maximum Gasteiger partial charge on any atom is 0.224 e. The molecule has 0 aromatic carbocycles. The number of carbonyl (C=O) groups is 1. The molecule has 1 saturated heterocycles. The van der Waals surface area contributed by atoms with Crippen molar-refractivity contribution in [2.45, 2.75) is 39.7 Å². The summed E-state index contributed by atoms with van der Waals surface area (Å²) in [6.07, 6.45) is 1.31. The molecule has 0 bridgehead atoms. The van der Waals surface area contributed by atoms with Gasteiger partial charge < -0.3 is 15.7 Å². The maximum absolute atomic E-state index is 12.1. The van der Waals surface area contributed by atoms with Crippen LogP contribution in [0.5, 0.6) is 0 Å². The number of amides is 1. The molecule has 0 aromatic heterocycles. The van der Waals surface area contributed by atoms with E-state index in [1.54, 1.807) is 0 Å². The zero-order valence-electron chi connectivity index (χ0n) is 12.6. The maximum atomic E-state index is 12.1. The van der Waals surface area contributed by atoms with E-state index in [0.717, 1.165) is 32.6 Å². The van der Waals surface area contributed by atoms with Gasteiger partial charge in [0.05, 0.1) is 6.61 Å². The first-order valence-electron chi connectivity index (χ1n) is 7.18. The van der Waals surface area contributed by atoms with E-state index >= 15 is 0 Å². The highest BCUT2D eigenvalue weighted by molar-refractivity contribution is 5.76. The van der Waals surface area contributed by atoms with Crippen molar-refractivity contribution in [3.8, 4) is 0 Å². The van der Waals surface area contributed by atoms with E-state index < -0.39 is 0 Å². The lowest BCUT2D eigenvalue weighted by atomic mass is 9.87. The normalized spacial score (nSPS) is 19.5. The van der Waals surface area contributed by atoms with E-state index in [9.17, 15) is 4.79 Å². The summed E-state index contributed by atoms with van der Waals surface area (Å²) in [5.74, 6) is 0.167. The van der Waals surface area contributed by atoms with E-state index in [-0.39, 0.29) is 24.0 Å². The number of carbonyl (C=O) groups excluding carboxylic acids is 1. The number of aliphatic hydroxyl groups is 1. The minimum atomic E-state index is -0.0528. The summed E-state index contributed by atoms with van der Waals surface area (Å²) in [6.45, 7) is 10.5. The van der Waals surface area contributed by atoms with Crippen molar-refractivity contribution in [3.63, 3.8) is 0 Å². The predicted octanol–water partition coefficient (Wildman–Crippen LogP) is 0.277. The van der Waals surface area contributed by atoms with Gasteiger partial charge in [-0.1, -0.05) is 20.8 Å². The number of nitrogens with zero attached hydrogens (tertiary/aromatic N) is 2. The molecule has 1 rings (SSSR count). The number of hydrogen-bond acceptors (Lipinski definition) is 4. The summed E-state index contributed by atoms with van der Waals surface area (Å²) in [6, 6.07) is -0.0528. The molecule has 1 aliphatic heterocycles. The lowest BCUT2D eigenvalue weighted by Gasteiger charge is -2.35. The molecule has 0 spiro atoms. The van der Waals surface area contributed by atoms with Crippen LogP contribution < -0.4 is 5.73 Å². The van der Waals surface area contributed by atoms with Gasteiger partial charge in [0.15, 0.2) is 0 Å². The predicted molar refractivity (Wildman–Crippen MR) is 76.8 cm³/mol. The monoisotopic (exact) mass is 271 g/mol. The molecular weight excluding hydrogens is 242 g/mol. The zero-order valence-corrected chi connectivity index (χ0v) is 12.6. The van der Waals surface area contributed by atoms with Gasteiger partial charge in [-0.25, -0.2) is 0 Å². The molecule has 19 heavy (non-hydrogen) atoms. The molecule has 1 atom stereocenters. The first kappa shape index (κ1) is 16.4. The fraction of sp³-hybridized carbons (Fsp3) is 0.929. The second-order valence-electron chi connectivity index (χ2n) is 6.68. The number of aliphatic hydroxyl groups excluding tert-OH is 1. The molecule has 5 heteroatoms. The topological polar surface area (TPSA) is 69.8 Å². The number of β-amino-alcohol motifs (C(OH)–C–C–N with tert-alkyl or cyclic N) is 1. The van der Waals surface area contributed by atoms with E-state index in [1.807, 2.05) is 4.90 Å². The molecule has 1 fully saturated rings. The first-order chi connectivity index (χ1) is 8.81. The zero-order chi connectivity index (χ0) is 14.5. The lowest BCUT2D eigenvalue weighted by Crippen LogP contribution is -2.50. The van der Waals surface area contributed by atoms with Gasteiger partial charge in [0.25, 0.3) is 0 Å². The van der Waals surface area contributed by atoms with Gasteiger partial charge in [0, 0.05) is 45.2 Å². The van der Waals surface area contributed by atoms with Crippen molar-refractivity contribution < 1.29 is 9.90 Å². The van der Waals surface area contributed by atoms with Crippen molar-refractivity contribution >= 4 is 5.91 Å². The van der Waals surface area contributed by atoms with Crippen LogP contribution >= 0.6 is 0 Å². The Kier molecular flexibility index (Phi) is 6.23. The van der Waals surface area contributed by atoms with Crippen LogP contribution in [0, 0.1) is 5.41 Å². The molecule has 0 aromatic rings. The molecule has 0 saturated carbocycles. The summed E-state index contributed by atoms with van der Waals surface area (Å²) in [5, 5.41) is 8.88. The largest absolute Gasteiger partial charge is 0.395 e. The van der Waals surface area contributed by atoms with Crippen molar-refractivity contribution in [2.24, 2.45) is 11.1 Å². The lowest BCUT2D eigenvalue weighted by molar-refractivity contribution is -0.133. The molecule has 3 N–H and O–H groups in total. The standard InChI is InChI=1S/C14H29N3O2/c1-14(2,3)11-12(15)10-13(19)17-6-4-16(5-7-17)8-9-18/h12,18H,4-11,15H2,1-3H3. The molecule has 1 heterocycles. The van der Waals surface area contributed by atoms with Gasteiger partial charge >= 0.3 is 0 Å². The third-order valence-corrected chi connectivity index (χ3v) is 3.45. The quantitative estimate of drug-likeness (QED) is 0.753. The van der Waals surface area contributed by atoms with Crippen LogP contribution in [0.2, 0.25) is 0 Å². The third-order valence-electron chi connectivity index (χ3n) is 3.45. The summed E-state index contributed by atoms with van der Waals surface area (Å²) in [7, 11) is 0. The van der Waals surface area contributed by atoms with Crippen LogP contribution in [0.15, 0.2) is 0 Å². The van der Waals surface area contributed by atoms with Crippen molar-refractivity contribution in [3.05, 3.63) is 0 Å². The Morgan fingerprint density at radius 2 is 1.84 bits per heavy atom. The number of piperazine rings is 1. The summed E-state index contributed by atoms with van der Waals surface area (Å²) in [4.78, 5) is 16.2. The van der Waals surface area contributed by atoms with Gasteiger partial charge in [0.1, 0.15) is 0 Å². The minimum Gasteiger partial charge on any atom is -0.395 e. The molecule has 1 aliphatic rings. The Morgan fingerprint density at radius 1 is 1.26 bits per heavy atom. The van der Waals surface area contributed by atoms with Gasteiger partial charge in [-0.05, 0) is 11.8 Å². The van der Waals surface area contributed by atoms with Gasteiger partial charge in [-0.2, -0.15) is 0 Å². The highest BCUT2D eigenvalue weighted by atomic mass is 16.3. The molecule has 1 unspecified atom stereocenters. The minimum absolute atomic E-state index is 0.0528. The summed E-state index contributed by atoms with van der Waals surface area (Å²) < 4.78 is 0. The SMILES string of the molecule is CC(C)(C)CC(N)CC(=O)N1CCN(CCO)CC1. The number of rotatable bonds is 5. The Balaban J connectivity index is 2.31. The summed E-state index contributed by atoms with van der Waals surface area (Å²) in [5.41, 5.74) is 6.22. The van der Waals surface area contributed by atoms with Gasteiger partial charge in [-0.15, -0.1) is 0 Å². The molecule has 0 radical (unpaired) electrons. The highest BCUT2D eigenvalue weighted by Crippen LogP contribution is 2.21. The van der Waals surface area contributed by atoms with Crippen LogP contribution in [0.3, 0.4) is 0 Å². The second kappa shape index (κ2) is 7.22. The molecule has 112 valence electrons. The van der Waals surface area contributed by atoms with E-state index in [4.69, 9.17) is 10.8 Å². The van der Waals surface area contributed by atoms with Gasteiger partial charge in [0.2, 0.25) is 5.91 Å². The smallest absolute Gasteiger partial charge is 0.224 e. The van der Waals surface area contributed by atoms with E-state index in [0.29, 0.717) is 13.0 Å². The first-order valence-corrected chi connectivity index (χ1v) is 7.18. The van der Waals surface area contributed by atoms with Crippen LogP contribution in [0.4, 0.5) is 0 Å². The van der Waals surface area contributed by atoms with Crippen LogP contribution in [-0.2, 0) is 4.79 Å². The van der Waals surface area contributed by atoms with Crippen LogP contribution in [-0.4, -0.2) is 66.2 Å². The Labute approximate surface area is 116 Å². The number of nitrogens with two attached hydrogens (primary N) is 1. The fourth-order valence-electron chi connectivity index (χ4n) is 2.57. The van der Waals surface area contributed by atoms with Crippen molar-refractivity contribution in [1.29, 1.82) is 0 Å². The Bertz CT molecular complexity index is 281. The molecule has 0 aliphatic carbocycles. The Morgan fingerprint density at radius 3 is 2.32 bits per heavy atom. The molecular formula is C14H29N3O2. The van der Waals surface area contributed by atoms with E-state index in [2.05, 4.69) is 25.7 Å². The average molecular weight is 271 g/mol. The molecule has 1 amide bonds. The summed E-state index contributed by atoms with van der Waals surface area (Å²) >= 11 is 0.